The van der Waals surface area contributed by atoms with Crippen molar-refractivity contribution < 1.29 is 13.2 Å². The SMILES string of the molecule is CC(C)C(=N)N1CCC(C(F)(F)F)CC1. The standard InChI is InChI=1S/C10H17F3N2/c1-7(2)9(14)15-5-3-8(4-6-15)10(11,12)13/h7-8,14H,3-6H2,1-2H3. The molecule has 0 aromatic carbocycles. The largest absolute Gasteiger partial charge is 0.391 e. The Morgan fingerprint density at radius 3 is 2.07 bits per heavy atom. The predicted octanol–water partition coefficient (Wildman–Crippen LogP) is 2.89. The summed E-state index contributed by atoms with van der Waals surface area (Å²) in [5, 5.41) is 7.70. The Morgan fingerprint density at radius 2 is 1.73 bits per heavy atom. The number of halogens is 3. The van der Waals surface area contributed by atoms with Crippen LogP contribution in [0.5, 0.6) is 0 Å². The second-order valence-electron chi connectivity index (χ2n) is 4.34. The normalized spacial score (nSPS) is 19.7. The molecule has 1 fully saturated rings. The molecule has 0 amide bonds. The van der Waals surface area contributed by atoms with Crippen molar-refractivity contribution in [2.75, 3.05) is 13.1 Å². The van der Waals surface area contributed by atoms with Crippen LogP contribution >= 0.6 is 0 Å². The number of piperidine rings is 1. The van der Waals surface area contributed by atoms with Gasteiger partial charge in [-0.1, -0.05) is 13.8 Å². The first kappa shape index (κ1) is 12.3. The van der Waals surface area contributed by atoms with E-state index in [1.54, 1.807) is 4.90 Å². The van der Waals surface area contributed by atoms with Crippen LogP contribution in [0, 0.1) is 17.2 Å². The molecule has 1 saturated heterocycles. The van der Waals surface area contributed by atoms with Crippen LogP contribution in [-0.4, -0.2) is 30.0 Å². The number of likely N-dealkylation sites (tertiary alicyclic amines) is 1. The van der Waals surface area contributed by atoms with Crippen LogP contribution in [0.4, 0.5) is 13.2 Å². The van der Waals surface area contributed by atoms with Gasteiger partial charge in [0.1, 0.15) is 0 Å². The lowest BCUT2D eigenvalue weighted by Crippen LogP contribution is -2.43. The maximum Gasteiger partial charge on any atom is 0.391 e. The van der Waals surface area contributed by atoms with Gasteiger partial charge in [-0.2, -0.15) is 13.2 Å². The van der Waals surface area contributed by atoms with Gasteiger partial charge in [-0.15, -0.1) is 0 Å². The first-order chi connectivity index (χ1) is 6.82. The third-order valence-electron chi connectivity index (χ3n) is 2.85. The van der Waals surface area contributed by atoms with Crippen molar-refractivity contribution in [1.29, 1.82) is 5.41 Å². The molecule has 0 saturated carbocycles. The van der Waals surface area contributed by atoms with E-state index in [2.05, 4.69) is 0 Å². The molecule has 1 heterocycles. The van der Waals surface area contributed by atoms with Gasteiger partial charge in [0.15, 0.2) is 0 Å². The average Bonchev–Trinajstić information content (AvgIpc) is 2.15. The van der Waals surface area contributed by atoms with E-state index in [1.807, 2.05) is 13.8 Å². The Labute approximate surface area is 88.0 Å². The topological polar surface area (TPSA) is 27.1 Å². The number of nitrogens with zero attached hydrogens (tertiary/aromatic N) is 1. The zero-order valence-electron chi connectivity index (χ0n) is 9.06. The third-order valence-corrected chi connectivity index (χ3v) is 2.85. The number of amidine groups is 1. The molecule has 0 aromatic heterocycles. The first-order valence-corrected chi connectivity index (χ1v) is 5.22. The Morgan fingerprint density at radius 1 is 1.27 bits per heavy atom. The minimum absolute atomic E-state index is 0.0902. The van der Waals surface area contributed by atoms with Crippen LogP contribution in [0.15, 0.2) is 0 Å². The summed E-state index contributed by atoms with van der Waals surface area (Å²) in [5.41, 5.74) is 0. The van der Waals surface area contributed by atoms with Crippen LogP contribution < -0.4 is 0 Å². The van der Waals surface area contributed by atoms with Crippen molar-refractivity contribution in [1.82, 2.24) is 4.90 Å². The van der Waals surface area contributed by atoms with Crippen LogP contribution in [0.25, 0.3) is 0 Å². The average molecular weight is 222 g/mol. The van der Waals surface area contributed by atoms with E-state index in [0.29, 0.717) is 18.9 Å². The number of alkyl halides is 3. The highest BCUT2D eigenvalue weighted by Crippen LogP contribution is 2.34. The Hall–Kier alpha value is -0.740. The number of hydrogen-bond donors (Lipinski definition) is 1. The molecule has 1 aliphatic heterocycles. The molecule has 1 aliphatic rings. The van der Waals surface area contributed by atoms with Crippen molar-refractivity contribution in [2.24, 2.45) is 11.8 Å². The first-order valence-electron chi connectivity index (χ1n) is 5.22. The van der Waals surface area contributed by atoms with Crippen molar-refractivity contribution in [3.8, 4) is 0 Å². The Bertz CT molecular complexity index is 227. The molecule has 15 heavy (non-hydrogen) atoms. The van der Waals surface area contributed by atoms with Crippen LogP contribution in [0.1, 0.15) is 26.7 Å². The van der Waals surface area contributed by atoms with Crippen molar-refractivity contribution >= 4 is 5.84 Å². The van der Waals surface area contributed by atoms with Gasteiger partial charge in [0.05, 0.1) is 11.8 Å². The summed E-state index contributed by atoms with van der Waals surface area (Å²) >= 11 is 0. The molecule has 1 rings (SSSR count). The molecule has 1 N–H and O–H groups in total. The molecule has 0 radical (unpaired) electrons. The molecule has 5 heteroatoms. The van der Waals surface area contributed by atoms with Gasteiger partial charge in [-0.25, -0.2) is 0 Å². The molecular weight excluding hydrogens is 205 g/mol. The molecule has 0 atom stereocenters. The maximum atomic E-state index is 12.4. The number of nitrogens with one attached hydrogen (secondary N) is 1. The summed E-state index contributed by atoms with van der Waals surface area (Å²) in [6.07, 6.45) is -3.82. The summed E-state index contributed by atoms with van der Waals surface area (Å²) in [7, 11) is 0. The smallest absolute Gasteiger partial charge is 0.360 e. The molecule has 0 bridgehead atoms. The Kier molecular flexibility index (Phi) is 3.62. The molecule has 2 nitrogen and oxygen atoms in total. The molecular formula is C10H17F3N2. The maximum absolute atomic E-state index is 12.4. The van der Waals surface area contributed by atoms with E-state index in [4.69, 9.17) is 5.41 Å². The minimum atomic E-state index is -4.06. The summed E-state index contributed by atoms with van der Waals surface area (Å²) in [5.74, 6) is -0.628. The lowest BCUT2D eigenvalue weighted by atomic mass is 9.95. The molecule has 0 unspecified atom stereocenters. The summed E-state index contributed by atoms with van der Waals surface area (Å²) in [6.45, 7) is 4.50. The van der Waals surface area contributed by atoms with Crippen LogP contribution in [-0.2, 0) is 0 Å². The summed E-state index contributed by atoms with van der Waals surface area (Å²) in [6, 6.07) is 0. The monoisotopic (exact) mass is 222 g/mol. The highest BCUT2D eigenvalue weighted by Gasteiger charge is 2.41. The predicted molar refractivity (Wildman–Crippen MR) is 52.9 cm³/mol. The molecule has 0 aromatic rings. The summed E-state index contributed by atoms with van der Waals surface area (Å²) < 4.78 is 37.1. The highest BCUT2D eigenvalue weighted by atomic mass is 19.4. The fourth-order valence-electron chi connectivity index (χ4n) is 1.81. The van der Waals surface area contributed by atoms with Gasteiger partial charge < -0.3 is 4.90 Å². The van der Waals surface area contributed by atoms with E-state index >= 15 is 0 Å². The second-order valence-corrected chi connectivity index (χ2v) is 4.34. The lowest BCUT2D eigenvalue weighted by Gasteiger charge is -2.35. The van der Waals surface area contributed by atoms with Gasteiger partial charge >= 0.3 is 6.18 Å². The van der Waals surface area contributed by atoms with E-state index in [9.17, 15) is 13.2 Å². The van der Waals surface area contributed by atoms with E-state index in [1.165, 1.54) is 0 Å². The van der Waals surface area contributed by atoms with Crippen LogP contribution in [0.3, 0.4) is 0 Å². The zero-order chi connectivity index (χ0) is 11.6. The van der Waals surface area contributed by atoms with Gasteiger partial charge in [0, 0.05) is 19.0 Å². The zero-order valence-corrected chi connectivity index (χ0v) is 9.06. The van der Waals surface area contributed by atoms with Crippen molar-refractivity contribution in [3.05, 3.63) is 0 Å². The quantitative estimate of drug-likeness (QED) is 0.536. The summed E-state index contributed by atoms with van der Waals surface area (Å²) in [4.78, 5) is 1.76. The fraction of sp³-hybridized carbons (Fsp3) is 0.900. The van der Waals surface area contributed by atoms with Gasteiger partial charge in [0.2, 0.25) is 0 Å². The van der Waals surface area contributed by atoms with Gasteiger partial charge in [-0.3, -0.25) is 5.41 Å². The molecule has 88 valence electrons. The fourth-order valence-corrected chi connectivity index (χ4v) is 1.81. The van der Waals surface area contributed by atoms with E-state index in [-0.39, 0.29) is 18.8 Å². The lowest BCUT2D eigenvalue weighted by molar-refractivity contribution is -0.183. The number of rotatable bonds is 1. The third kappa shape index (κ3) is 3.11. The van der Waals surface area contributed by atoms with E-state index in [0.717, 1.165) is 0 Å². The Balaban J connectivity index is 2.46. The molecule has 0 aliphatic carbocycles. The number of hydrogen-bond acceptors (Lipinski definition) is 1. The van der Waals surface area contributed by atoms with E-state index < -0.39 is 12.1 Å². The minimum Gasteiger partial charge on any atom is -0.360 e. The highest BCUT2D eigenvalue weighted by molar-refractivity contribution is 5.81. The van der Waals surface area contributed by atoms with Crippen molar-refractivity contribution in [2.45, 2.75) is 32.9 Å². The molecule has 0 spiro atoms. The van der Waals surface area contributed by atoms with Gasteiger partial charge in [-0.05, 0) is 12.8 Å². The van der Waals surface area contributed by atoms with Crippen LogP contribution in [0.2, 0.25) is 0 Å². The van der Waals surface area contributed by atoms with Gasteiger partial charge in [0.25, 0.3) is 0 Å². The second kappa shape index (κ2) is 4.41. The van der Waals surface area contributed by atoms with Crippen molar-refractivity contribution in [3.63, 3.8) is 0 Å².